The van der Waals surface area contributed by atoms with Gasteiger partial charge in [0.15, 0.2) is 5.96 Å². The van der Waals surface area contributed by atoms with E-state index >= 15 is 0 Å². The monoisotopic (exact) mass is 461 g/mol. The average molecular weight is 461 g/mol. The largest absolute Gasteiger partial charge is 0.356 e. The van der Waals surface area contributed by atoms with Crippen LogP contribution >= 0.6 is 24.0 Å². The van der Waals surface area contributed by atoms with Crippen molar-refractivity contribution in [1.82, 2.24) is 20.0 Å². The van der Waals surface area contributed by atoms with Crippen LogP contribution in [0.5, 0.6) is 0 Å². The molecule has 0 aromatic carbocycles. The molecule has 0 amide bonds. The number of nitrogens with one attached hydrogen (secondary N) is 1. The molecule has 0 radical (unpaired) electrons. The fourth-order valence-corrected chi connectivity index (χ4v) is 3.52. The van der Waals surface area contributed by atoms with Gasteiger partial charge < -0.3 is 10.2 Å². The molecule has 0 aliphatic carbocycles. The third-order valence-electron chi connectivity index (χ3n) is 5.89. The SMILES string of the molecule is CCNC(=NCc1c(CC)nn(C)c1CC)N1CC(C)(C)C1(C)C.I. The van der Waals surface area contributed by atoms with Gasteiger partial charge in [-0.05, 0) is 33.6 Å². The van der Waals surface area contributed by atoms with Crippen molar-refractivity contribution >= 4 is 29.9 Å². The van der Waals surface area contributed by atoms with Crippen LogP contribution in [0, 0.1) is 5.41 Å². The molecule has 25 heavy (non-hydrogen) atoms. The molecule has 6 heteroatoms. The number of aliphatic imine (C=N–C) groups is 1. The van der Waals surface area contributed by atoms with Crippen LogP contribution in [0.1, 0.15) is 65.4 Å². The average Bonchev–Trinajstić information content (AvgIpc) is 2.84. The summed E-state index contributed by atoms with van der Waals surface area (Å²) in [6.45, 7) is 18.4. The highest BCUT2D eigenvalue weighted by Crippen LogP contribution is 2.46. The Kier molecular flexibility index (Phi) is 7.36. The van der Waals surface area contributed by atoms with E-state index in [1.807, 2.05) is 11.7 Å². The maximum Gasteiger partial charge on any atom is 0.194 e. The summed E-state index contributed by atoms with van der Waals surface area (Å²) < 4.78 is 2.02. The Morgan fingerprint density at radius 2 is 1.80 bits per heavy atom. The summed E-state index contributed by atoms with van der Waals surface area (Å²) in [5, 5.41) is 8.15. The maximum absolute atomic E-state index is 4.98. The summed E-state index contributed by atoms with van der Waals surface area (Å²) in [7, 11) is 2.04. The van der Waals surface area contributed by atoms with Crippen LogP contribution in [0.2, 0.25) is 0 Å². The first-order valence-electron chi connectivity index (χ1n) is 9.29. The van der Waals surface area contributed by atoms with Gasteiger partial charge in [0.1, 0.15) is 0 Å². The first-order valence-corrected chi connectivity index (χ1v) is 9.29. The zero-order chi connectivity index (χ0) is 18.1. The molecule has 0 saturated carbocycles. The number of hydrogen-bond acceptors (Lipinski definition) is 2. The molecule has 1 N–H and O–H groups in total. The second-order valence-electron chi connectivity index (χ2n) is 7.90. The second-order valence-corrected chi connectivity index (χ2v) is 7.90. The molecule has 5 nitrogen and oxygen atoms in total. The van der Waals surface area contributed by atoms with Gasteiger partial charge in [-0.3, -0.25) is 4.68 Å². The van der Waals surface area contributed by atoms with Crippen molar-refractivity contribution < 1.29 is 0 Å². The molecular weight excluding hydrogens is 425 g/mol. The van der Waals surface area contributed by atoms with Gasteiger partial charge in [0, 0.05) is 42.3 Å². The highest BCUT2D eigenvalue weighted by Gasteiger charge is 2.53. The lowest BCUT2D eigenvalue weighted by atomic mass is 9.65. The topological polar surface area (TPSA) is 45.5 Å². The molecule has 0 unspecified atom stereocenters. The van der Waals surface area contributed by atoms with Gasteiger partial charge in [-0.1, -0.05) is 27.7 Å². The number of rotatable bonds is 5. The molecule has 1 aromatic heterocycles. The molecule has 144 valence electrons. The molecule has 2 heterocycles. The van der Waals surface area contributed by atoms with Crippen LogP contribution in [-0.2, 0) is 26.4 Å². The molecule has 1 aliphatic rings. The number of aryl methyl sites for hydroxylation is 2. The van der Waals surface area contributed by atoms with Crippen molar-refractivity contribution in [2.75, 3.05) is 13.1 Å². The molecule has 1 aromatic rings. The van der Waals surface area contributed by atoms with E-state index in [2.05, 4.69) is 63.8 Å². The Bertz CT molecular complexity index is 616. The minimum absolute atomic E-state index is 0. The fraction of sp³-hybridized carbons (Fsp3) is 0.789. The van der Waals surface area contributed by atoms with E-state index in [4.69, 9.17) is 4.99 Å². The predicted molar refractivity (Wildman–Crippen MR) is 117 cm³/mol. The standard InChI is InChI=1S/C19H35N5.HI/c1-9-15-14(16(10-2)23(8)22-15)12-21-17(20-11-3)24-13-18(4,5)19(24,6)7;/h9-13H2,1-8H3,(H,20,21);1H. The van der Waals surface area contributed by atoms with Gasteiger partial charge in [0.05, 0.1) is 12.2 Å². The van der Waals surface area contributed by atoms with Crippen LogP contribution in [0.4, 0.5) is 0 Å². The minimum Gasteiger partial charge on any atom is -0.356 e. The highest BCUT2D eigenvalue weighted by atomic mass is 127. The maximum atomic E-state index is 4.98. The zero-order valence-electron chi connectivity index (χ0n) is 17.2. The Morgan fingerprint density at radius 3 is 2.24 bits per heavy atom. The molecule has 0 bridgehead atoms. The van der Waals surface area contributed by atoms with Gasteiger partial charge in [-0.15, -0.1) is 24.0 Å². The van der Waals surface area contributed by atoms with Crippen LogP contribution in [0.3, 0.4) is 0 Å². The summed E-state index contributed by atoms with van der Waals surface area (Å²) in [5.74, 6) is 1.02. The molecule has 0 spiro atoms. The lowest BCUT2D eigenvalue weighted by Crippen LogP contribution is -2.72. The Labute approximate surface area is 170 Å². The van der Waals surface area contributed by atoms with Crippen molar-refractivity contribution in [3.63, 3.8) is 0 Å². The van der Waals surface area contributed by atoms with Crippen LogP contribution in [0.15, 0.2) is 4.99 Å². The van der Waals surface area contributed by atoms with E-state index in [1.165, 1.54) is 17.0 Å². The van der Waals surface area contributed by atoms with E-state index in [9.17, 15) is 0 Å². The van der Waals surface area contributed by atoms with Gasteiger partial charge in [0.25, 0.3) is 0 Å². The predicted octanol–water partition coefficient (Wildman–Crippen LogP) is 3.75. The number of hydrogen-bond donors (Lipinski definition) is 1. The third-order valence-corrected chi connectivity index (χ3v) is 5.89. The van der Waals surface area contributed by atoms with Gasteiger partial charge in [-0.2, -0.15) is 5.10 Å². The van der Waals surface area contributed by atoms with E-state index in [0.717, 1.165) is 31.9 Å². The van der Waals surface area contributed by atoms with Crippen molar-refractivity contribution in [1.29, 1.82) is 0 Å². The second kappa shape index (κ2) is 8.27. The normalized spacial score (nSPS) is 18.6. The Hall–Kier alpha value is -0.790. The van der Waals surface area contributed by atoms with Crippen LogP contribution < -0.4 is 5.32 Å². The van der Waals surface area contributed by atoms with Crippen molar-refractivity contribution in [2.24, 2.45) is 17.5 Å². The summed E-state index contributed by atoms with van der Waals surface area (Å²) in [6.07, 6.45) is 1.95. The molecule has 1 fully saturated rings. The summed E-state index contributed by atoms with van der Waals surface area (Å²) in [6, 6.07) is 0. The summed E-state index contributed by atoms with van der Waals surface area (Å²) in [5.41, 5.74) is 4.20. The van der Waals surface area contributed by atoms with Crippen LogP contribution in [0.25, 0.3) is 0 Å². The molecule has 1 saturated heterocycles. The first kappa shape index (κ1) is 22.3. The third kappa shape index (κ3) is 3.98. The number of guanidine groups is 1. The van der Waals surface area contributed by atoms with Crippen LogP contribution in [-0.4, -0.2) is 39.3 Å². The van der Waals surface area contributed by atoms with Crippen molar-refractivity contribution in [2.45, 2.75) is 73.4 Å². The summed E-state index contributed by atoms with van der Waals surface area (Å²) >= 11 is 0. The Morgan fingerprint density at radius 1 is 1.16 bits per heavy atom. The lowest BCUT2D eigenvalue weighted by molar-refractivity contribution is -0.0667. The Balaban J connectivity index is 0.00000312. The number of aromatic nitrogens is 2. The fourth-order valence-electron chi connectivity index (χ4n) is 3.52. The highest BCUT2D eigenvalue weighted by molar-refractivity contribution is 14.0. The van der Waals surface area contributed by atoms with E-state index < -0.39 is 0 Å². The van der Waals surface area contributed by atoms with Gasteiger partial charge in [-0.25, -0.2) is 4.99 Å². The number of halogens is 1. The molecular formula is C19H36IN5. The number of likely N-dealkylation sites (tertiary alicyclic amines) is 1. The van der Waals surface area contributed by atoms with E-state index in [1.54, 1.807) is 0 Å². The smallest absolute Gasteiger partial charge is 0.194 e. The zero-order valence-corrected chi connectivity index (χ0v) is 19.6. The van der Waals surface area contributed by atoms with Gasteiger partial charge in [0.2, 0.25) is 0 Å². The first-order chi connectivity index (χ1) is 11.2. The molecule has 1 aliphatic heterocycles. The molecule has 2 rings (SSSR count). The minimum atomic E-state index is 0. The van der Waals surface area contributed by atoms with Crippen molar-refractivity contribution in [3.05, 3.63) is 17.0 Å². The quantitative estimate of drug-likeness (QED) is 0.413. The van der Waals surface area contributed by atoms with Gasteiger partial charge >= 0.3 is 0 Å². The van der Waals surface area contributed by atoms with E-state index in [-0.39, 0.29) is 29.5 Å². The molecule has 0 atom stereocenters. The van der Waals surface area contributed by atoms with Crippen molar-refractivity contribution in [3.8, 4) is 0 Å². The summed E-state index contributed by atoms with van der Waals surface area (Å²) in [4.78, 5) is 7.38. The lowest BCUT2D eigenvalue weighted by Gasteiger charge is -2.62. The number of nitrogens with zero attached hydrogens (tertiary/aromatic N) is 4. The van der Waals surface area contributed by atoms with E-state index in [0.29, 0.717) is 12.0 Å².